The van der Waals surface area contributed by atoms with E-state index in [1.165, 1.54) is 24.3 Å². The average molecular weight is 306 g/mol. The van der Waals surface area contributed by atoms with Crippen LogP contribution in [0.5, 0.6) is 0 Å². The molecule has 0 spiro atoms. The standard InChI is InChI=1S/C12H7ClF3NO3/c1-19-11(18)8-9(6-2-4-7(13)5-3-6)17-20-10(8)12(14,15)16/h2-5H,1H3. The molecule has 1 aromatic carbocycles. The fourth-order valence-corrected chi connectivity index (χ4v) is 1.71. The molecule has 0 N–H and O–H groups in total. The molecule has 4 nitrogen and oxygen atoms in total. The second-order valence-electron chi connectivity index (χ2n) is 3.73. The minimum Gasteiger partial charge on any atom is -0.465 e. The first-order valence-corrected chi connectivity index (χ1v) is 5.63. The largest absolute Gasteiger partial charge is 0.465 e. The third-order valence-electron chi connectivity index (χ3n) is 2.46. The van der Waals surface area contributed by atoms with Gasteiger partial charge in [0.05, 0.1) is 7.11 Å². The van der Waals surface area contributed by atoms with Crippen LogP contribution in [-0.4, -0.2) is 18.2 Å². The van der Waals surface area contributed by atoms with Gasteiger partial charge in [0.15, 0.2) is 0 Å². The highest BCUT2D eigenvalue weighted by Crippen LogP contribution is 2.37. The maximum Gasteiger partial charge on any atom is 0.453 e. The zero-order valence-corrected chi connectivity index (χ0v) is 10.7. The summed E-state index contributed by atoms with van der Waals surface area (Å²) >= 11 is 5.69. The smallest absolute Gasteiger partial charge is 0.453 e. The van der Waals surface area contributed by atoms with Gasteiger partial charge in [0.1, 0.15) is 11.3 Å². The van der Waals surface area contributed by atoms with Crippen molar-refractivity contribution in [1.29, 1.82) is 0 Å². The highest BCUT2D eigenvalue weighted by Gasteiger charge is 2.43. The van der Waals surface area contributed by atoms with Gasteiger partial charge in [-0.05, 0) is 12.1 Å². The maximum atomic E-state index is 12.8. The van der Waals surface area contributed by atoms with E-state index in [0.29, 0.717) is 5.02 Å². The first-order valence-electron chi connectivity index (χ1n) is 5.25. The summed E-state index contributed by atoms with van der Waals surface area (Å²) in [6.45, 7) is 0. The molecule has 0 aliphatic heterocycles. The molecule has 0 unspecified atom stereocenters. The van der Waals surface area contributed by atoms with Crippen molar-refractivity contribution in [2.24, 2.45) is 0 Å². The molecular formula is C12H7ClF3NO3. The minimum absolute atomic E-state index is 0.249. The first kappa shape index (κ1) is 14.4. The summed E-state index contributed by atoms with van der Waals surface area (Å²) in [5, 5.41) is 3.71. The van der Waals surface area contributed by atoms with Gasteiger partial charge < -0.3 is 9.26 Å². The van der Waals surface area contributed by atoms with Crippen molar-refractivity contribution in [3.63, 3.8) is 0 Å². The van der Waals surface area contributed by atoms with Crippen molar-refractivity contribution in [2.45, 2.75) is 6.18 Å². The van der Waals surface area contributed by atoms with Gasteiger partial charge >= 0.3 is 12.1 Å². The zero-order chi connectivity index (χ0) is 14.9. The summed E-state index contributed by atoms with van der Waals surface area (Å²) in [5.41, 5.74) is -0.753. The Hall–Kier alpha value is -2.02. The number of aromatic nitrogens is 1. The van der Waals surface area contributed by atoms with Crippen LogP contribution >= 0.6 is 11.6 Å². The monoisotopic (exact) mass is 305 g/mol. The Morgan fingerprint density at radius 3 is 2.40 bits per heavy atom. The number of esters is 1. The van der Waals surface area contributed by atoms with Crippen LogP contribution in [-0.2, 0) is 10.9 Å². The van der Waals surface area contributed by atoms with Crippen LogP contribution in [0.15, 0.2) is 28.8 Å². The molecular weight excluding hydrogens is 299 g/mol. The van der Waals surface area contributed by atoms with E-state index in [1.54, 1.807) is 0 Å². The third-order valence-corrected chi connectivity index (χ3v) is 2.71. The van der Waals surface area contributed by atoms with Crippen LogP contribution in [0.2, 0.25) is 5.02 Å². The molecule has 106 valence electrons. The Balaban J connectivity index is 2.62. The summed E-state index contributed by atoms with van der Waals surface area (Å²) in [6, 6.07) is 5.76. The van der Waals surface area contributed by atoms with Gasteiger partial charge in [-0.3, -0.25) is 0 Å². The quantitative estimate of drug-likeness (QED) is 0.792. The van der Waals surface area contributed by atoms with E-state index in [4.69, 9.17) is 11.6 Å². The zero-order valence-electron chi connectivity index (χ0n) is 9.99. The number of ether oxygens (including phenoxy) is 1. The molecule has 0 atom stereocenters. The molecule has 1 heterocycles. The Kier molecular flexibility index (Phi) is 3.71. The van der Waals surface area contributed by atoms with Gasteiger partial charge in [-0.2, -0.15) is 13.2 Å². The van der Waals surface area contributed by atoms with Crippen molar-refractivity contribution >= 4 is 17.6 Å². The Morgan fingerprint density at radius 1 is 1.30 bits per heavy atom. The molecule has 0 aliphatic rings. The Bertz CT molecular complexity index is 634. The molecule has 0 amide bonds. The van der Waals surface area contributed by atoms with Crippen molar-refractivity contribution < 1.29 is 27.2 Å². The maximum absolute atomic E-state index is 12.8. The lowest BCUT2D eigenvalue weighted by Gasteiger charge is -2.05. The topological polar surface area (TPSA) is 52.3 Å². The summed E-state index contributed by atoms with van der Waals surface area (Å²) < 4.78 is 46.9. The van der Waals surface area contributed by atoms with Crippen LogP contribution in [0.3, 0.4) is 0 Å². The number of hydrogen-bond acceptors (Lipinski definition) is 4. The van der Waals surface area contributed by atoms with Crippen LogP contribution in [0.1, 0.15) is 16.1 Å². The molecule has 8 heteroatoms. The van der Waals surface area contributed by atoms with Crippen molar-refractivity contribution in [3.8, 4) is 11.3 Å². The van der Waals surface area contributed by atoms with Gasteiger partial charge in [0.25, 0.3) is 5.76 Å². The number of carbonyl (C=O) groups excluding carboxylic acids is 1. The SMILES string of the molecule is COC(=O)c1c(-c2ccc(Cl)cc2)noc1C(F)(F)F. The molecule has 2 rings (SSSR count). The van der Waals surface area contributed by atoms with E-state index < -0.39 is 23.5 Å². The summed E-state index contributed by atoms with van der Waals surface area (Å²) in [7, 11) is 0.973. The molecule has 2 aromatic rings. The fourth-order valence-electron chi connectivity index (χ4n) is 1.58. The van der Waals surface area contributed by atoms with Crippen LogP contribution in [0.4, 0.5) is 13.2 Å². The molecule has 0 saturated carbocycles. The van der Waals surface area contributed by atoms with Crippen LogP contribution in [0, 0.1) is 0 Å². The number of rotatable bonds is 2. The number of methoxy groups -OCH3 is 1. The fraction of sp³-hybridized carbons (Fsp3) is 0.167. The van der Waals surface area contributed by atoms with E-state index in [0.717, 1.165) is 7.11 Å². The summed E-state index contributed by atoms with van der Waals surface area (Å²) in [4.78, 5) is 11.6. The Labute approximate surface area is 116 Å². The normalized spacial score (nSPS) is 11.4. The van der Waals surface area contributed by atoms with Gasteiger partial charge in [-0.15, -0.1) is 0 Å². The van der Waals surface area contributed by atoms with Crippen LogP contribution < -0.4 is 0 Å². The lowest BCUT2D eigenvalue weighted by molar-refractivity contribution is -0.156. The number of alkyl halides is 3. The van der Waals surface area contributed by atoms with E-state index in [2.05, 4.69) is 14.4 Å². The molecule has 0 bridgehead atoms. The van der Waals surface area contributed by atoms with E-state index in [-0.39, 0.29) is 11.3 Å². The number of hydrogen-bond donors (Lipinski definition) is 0. The van der Waals surface area contributed by atoms with Crippen LogP contribution in [0.25, 0.3) is 11.3 Å². The molecule has 0 radical (unpaired) electrons. The molecule has 20 heavy (non-hydrogen) atoms. The summed E-state index contributed by atoms with van der Waals surface area (Å²) in [5.74, 6) is -2.67. The number of nitrogens with zero attached hydrogens (tertiary/aromatic N) is 1. The van der Waals surface area contributed by atoms with Gasteiger partial charge in [0, 0.05) is 10.6 Å². The second kappa shape index (κ2) is 5.16. The van der Waals surface area contributed by atoms with Gasteiger partial charge in [-0.1, -0.05) is 28.9 Å². The molecule has 0 aliphatic carbocycles. The highest BCUT2D eigenvalue weighted by molar-refractivity contribution is 6.30. The number of carbonyl (C=O) groups is 1. The van der Waals surface area contributed by atoms with Crippen molar-refractivity contribution in [1.82, 2.24) is 5.16 Å². The second-order valence-corrected chi connectivity index (χ2v) is 4.17. The van der Waals surface area contributed by atoms with Crippen molar-refractivity contribution in [2.75, 3.05) is 7.11 Å². The molecule has 0 saturated heterocycles. The Morgan fingerprint density at radius 2 is 1.90 bits per heavy atom. The number of halogens is 4. The van der Waals surface area contributed by atoms with Gasteiger partial charge in [-0.25, -0.2) is 4.79 Å². The van der Waals surface area contributed by atoms with Gasteiger partial charge in [0.2, 0.25) is 0 Å². The molecule has 1 aromatic heterocycles. The lowest BCUT2D eigenvalue weighted by atomic mass is 10.1. The predicted molar refractivity (Wildman–Crippen MR) is 63.3 cm³/mol. The summed E-state index contributed by atoms with van der Waals surface area (Å²) in [6.07, 6.45) is -4.85. The highest BCUT2D eigenvalue weighted by atomic mass is 35.5. The van der Waals surface area contributed by atoms with E-state index >= 15 is 0 Å². The molecule has 0 fully saturated rings. The minimum atomic E-state index is -4.85. The van der Waals surface area contributed by atoms with E-state index in [9.17, 15) is 18.0 Å². The third kappa shape index (κ3) is 2.62. The predicted octanol–water partition coefficient (Wildman–Crippen LogP) is 3.80. The van der Waals surface area contributed by atoms with E-state index in [1.807, 2.05) is 0 Å². The van der Waals surface area contributed by atoms with Crippen molar-refractivity contribution in [3.05, 3.63) is 40.6 Å². The lowest BCUT2D eigenvalue weighted by Crippen LogP contribution is -2.12. The average Bonchev–Trinajstić information content (AvgIpc) is 2.83. The first-order chi connectivity index (χ1) is 9.34. The number of benzene rings is 1.